The van der Waals surface area contributed by atoms with Gasteiger partial charge >= 0.3 is 5.97 Å². The number of benzene rings is 2. The number of halogens is 1. The Morgan fingerprint density at radius 3 is 2.72 bits per heavy atom. The summed E-state index contributed by atoms with van der Waals surface area (Å²) < 4.78 is 10.8. The van der Waals surface area contributed by atoms with Crippen LogP contribution in [0.25, 0.3) is 23.0 Å². The van der Waals surface area contributed by atoms with Crippen LogP contribution in [0.3, 0.4) is 0 Å². The lowest BCUT2D eigenvalue weighted by molar-refractivity contribution is 0.0526. The molecule has 0 spiro atoms. The molecule has 3 rings (SSSR count). The highest BCUT2D eigenvalue weighted by Gasteiger charge is 2.14. The maximum Gasteiger partial charge on any atom is 0.339 e. The molecule has 0 N–H and O–H groups in total. The average Bonchev–Trinajstić information content (AvgIpc) is 3.21. The van der Waals surface area contributed by atoms with Crippen LogP contribution in [0.15, 0.2) is 59.0 Å². The molecule has 0 radical (unpaired) electrons. The van der Waals surface area contributed by atoms with Crippen LogP contribution in [0.2, 0.25) is 5.02 Å². The fourth-order valence-corrected chi connectivity index (χ4v) is 2.90. The standard InChI is InChI=1S/C23H15ClN2O3/c1-2-28-23(27)20-12-17(6-8-21(20)24)22-9-7-19(29-22)11-18(14-26)16-5-3-4-15(10-16)13-25/h3-12H,2H2,1H3/b18-11-. The zero-order valence-electron chi connectivity index (χ0n) is 15.5. The Kier molecular flexibility index (Phi) is 6.14. The number of allylic oxidation sites excluding steroid dienone is 1. The van der Waals surface area contributed by atoms with Gasteiger partial charge in [-0.1, -0.05) is 23.7 Å². The van der Waals surface area contributed by atoms with E-state index in [2.05, 4.69) is 12.1 Å². The number of ether oxygens (including phenoxy) is 1. The summed E-state index contributed by atoms with van der Waals surface area (Å²) in [4.78, 5) is 12.0. The number of rotatable bonds is 5. The molecular formula is C23H15ClN2O3. The van der Waals surface area contributed by atoms with Crippen LogP contribution >= 0.6 is 11.6 Å². The van der Waals surface area contributed by atoms with E-state index in [1.807, 2.05) is 0 Å². The van der Waals surface area contributed by atoms with Gasteiger partial charge in [0.25, 0.3) is 0 Å². The zero-order valence-corrected chi connectivity index (χ0v) is 16.2. The Hall–Kier alpha value is -3.80. The number of furan rings is 1. The molecule has 0 amide bonds. The van der Waals surface area contributed by atoms with E-state index in [4.69, 9.17) is 26.0 Å². The number of hydrogen-bond acceptors (Lipinski definition) is 5. The predicted molar refractivity (Wildman–Crippen MR) is 110 cm³/mol. The van der Waals surface area contributed by atoms with Crippen LogP contribution in [0.5, 0.6) is 0 Å². The fourth-order valence-electron chi connectivity index (χ4n) is 2.71. The van der Waals surface area contributed by atoms with E-state index in [1.54, 1.807) is 67.6 Å². The summed E-state index contributed by atoms with van der Waals surface area (Å²) in [5, 5.41) is 18.8. The Balaban J connectivity index is 1.94. The lowest BCUT2D eigenvalue weighted by Gasteiger charge is -2.06. The minimum atomic E-state index is -0.504. The third-order valence-electron chi connectivity index (χ3n) is 4.08. The fraction of sp³-hybridized carbons (Fsp3) is 0.0870. The smallest absolute Gasteiger partial charge is 0.339 e. The van der Waals surface area contributed by atoms with Crippen LogP contribution in [0.1, 0.15) is 34.2 Å². The van der Waals surface area contributed by atoms with Crippen molar-refractivity contribution >= 4 is 29.2 Å². The lowest BCUT2D eigenvalue weighted by atomic mass is 10.0. The second kappa shape index (κ2) is 8.93. The third kappa shape index (κ3) is 4.55. The van der Waals surface area contributed by atoms with Gasteiger partial charge in [-0.05, 0) is 61.0 Å². The summed E-state index contributed by atoms with van der Waals surface area (Å²) in [7, 11) is 0. The molecule has 1 aromatic heterocycles. The van der Waals surface area contributed by atoms with Crippen LogP contribution in [-0.4, -0.2) is 12.6 Å². The minimum Gasteiger partial charge on any atom is -0.462 e. The van der Waals surface area contributed by atoms with Gasteiger partial charge < -0.3 is 9.15 Å². The normalized spacial score (nSPS) is 10.8. The largest absolute Gasteiger partial charge is 0.462 e. The van der Waals surface area contributed by atoms with Gasteiger partial charge in [-0.25, -0.2) is 4.79 Å². The van der Waals surface area contributed by atoms with E-state index in [0.29, 0.717) is 38.8 Å². The molecule has 0 aliphatic heterocycles. The summed E-state index contributed by atoms with van der Waals surface area (Å²) in [6.07, 6.45) is 1.60. The van der Waals surface area contributed by atoms with Gasteiger partial charge in [0.1, 0.15) is 11.5 Å². The van der Waals surface area contributed by atoms with Gasteiger partial charge in [0.2, 0.25) is 0 Å². The number of carbonyl (C=O) groups is 1. The maximum atomic E-state index is 12.0. The molecule has 0 unspecified atom stereocenters. The summed E-state index contributed by atoms with van der Waals surface area (Å²) >= 11 is 6.10. The molecule has 142 valence electrons. The third-order valence-corrected chi connectivity index (χ3v) is 4.41. The van der Waals surface area contributed by atoms with Crippen molar-refractivity contribution in [1.82, 2.24) is 0 Å². The average molecular weight is 403 g/mol. The molecule has 0 atom stereocenters. The first-order valence-electron chi connectivity index (χ1n) is 8.75. The van der Waals surface area contributed by atoms with Crippen molar-refractivity contribution in [3.8, 4) is 23.5 Å². The number of esters is 1. The summed E-state index contributed by atoms with van der Waals surface area (Å²) in [6, 6.07) is 19.4. The van der Waals surface area contributed by atoms with Crippen molar-refractivity contribution in [2.75, 3.05) is 6.61 Å². The maximum absolute atomic E-state index is 12.0. The van der Waals surface area contributed by atoms with Crippen LogP contribution in [0, 0.1) is 22.7 Å². The molecule has 0 fully saturated rings. The Labute approximate surface area is 173 Å². The molecule has 0 saturated carbocycles. The van der Waals surface area contributed by atoms with E-state index in [1.165, 1.54) is 0 Å². The van der Waals surface area contributed by atoms with E-state index >= 15 is 0 Å². The van der Waals surface area contributed by atoms with E-state index < -0.39 is 5.97 Å². The molecule has 2 aromatic carbocycles. The quantitative estimate of drug-likeness (QED) is 0.402. The van der Waals surface area contributed by atoms with Gasteiger partial charge in [-0.3, -0.25) is 0 Å². The minimum absolute atomic E-state index is 0.249. The molecule has 0 bridgehead atoms. The van der Waals surface area contributed by atoms with Crippen molar-refractivity contribution in [3.05, 3.63) is 82.1 Å². The second-order valence-electron chi connectivity index (χ2n) is 5.98. The van der Waals surface area contributed by atoms with Gasteiger partial charge in [-0.15, -0.1) is 0 Å². The van der Waals surface area contributed by atoms with Gasteiger partial charge in [0.15, 0.2) is 0 Å². The van der Waals surface area contributed by atoms with Gasteiger partial charge in [0.05, 0.1) is 40.5 Å². The van der Waals surface area contributed by atoms with Crippen LogP contribution < -0.4 is 0 Å². The van der Waals surface area contributed by atoms with Crippen LogP contribution in [-0.2, 0) is 4.74 Å². The SMILES string of the molecule is CCOC(=O)c1cc(-c2ccc(/C=C(/C#N)c3cccc(C#N)c3)o2)ccc1Cl. The monoisotopic (exact) mass is 402 g/mol. The first kappa shape index (κ1) is 19.9. The van der Waals surface area contributed by atoms with Crippen molar-refractivity contribution < 1.29 is 13.9 Å². The van der Waals surface area contributed by atoms with Crippen molar-refractivity contribution in [2.45, 2.75) is 6.92 Å². The number of hydrogen-bond donors (Lipinski definition) is 0. The highest BCUT2D eigenvalue weighted by molar-refractivity contribution is 6.33. The number of nitrogens with zero attached hydrogens (tertiary/aromatic N) is 2. The Morgan fingerprint density at radius 2 is 2.00 bits per heavy atom. The molecule has 0 aliphatic rings. The zero-order chi connectivity index (χ0) is 20.8. The summed E-state index contributed by atoms with van der Waals surface area (Å²) in [5.74, 6) is 0.475. The van der Waals surface area contributed by atoms with Crippen molar-refractivity contribution in [1.29, 1.82) is 10.5 Å². The molecule has 29 heavy (non-hydrogen) atoms. The first-order valence-corrected chi connectivity index (χ1v) is 9.12. The van der Waals surface area contributed by atoms with Gasteiger partial charge in [0, 0.05) is 5.56 Å². The summed E-state index contributed by atoms with van der Waals surface area (Å²) in [6.45, 7) is 1.97. The summed E-state index contributed by atoms with van der Waals surface area (Å²) in [5.41, 5.74) is 2.37. The molecule has 1 heterocycles. The number of nitriles is 2. The second-order valence-corrected chi connectivity index (χ2v) is 6.39. The highest BCUT2D eigenvalue weighted by atomic mass is 35.5. The molecule has 0 saturated heterocycles. The molecule has 0 aliphatic carbocycles. The Morgan fingerprint density at radius 1 is 1.17 bits per heavy atom. The lowest BCUT2D eigenvalue weighted by Crippen LogP contribution is -2.05. The van der Waals surface area contributed by atoms with Crippen molar-refractivity contribution in [2.24, 2.45) is 0 Å². The molecular weight excluding hydrogens is 388 g/mol. The highest BCUT2D eigenvalue weighted by Crippen LogP contribution is 2.29. The topological polar surface area (TPSA) is 87.0 Å². The first-order chi connectivity index (χ1) is 14.0. The molecule has 6 heteroatoms. The van der Waals surface area contributed by atoms with E-state index in [0.717, 1.165) is 0 Å². The Bertz CT molecular complexity index is 1180. The van der Waals surface area contributed by atoms with Crippen LogP contribution in [0.4, 0.5) is 0 Å². The predicted octanol–water partition coefficient (Wildman–Crippen LogP) is 5.71. The molecule has 5 nitrogen and oxygen atoms in total. The van der Waals surface area contributed by atoms with Gasteiger partial charge in [-0.2, -0.15) is 10.5 Å². The van der Waals surface area contributed by atoms with E-state index in [-0.39, 0.29) is 12.2 Å². The number of carbonyl (C=O) groups excluding carboxylic acids is 1. The van der Waals surface area contributed by atoms with Crippen molar-refractivity contribution in [3.63, 3.8) is 0 Å². The van der Waals surface area contributed by atoms with E-state index in [9.17, 15) is 10.1 Å². The molecule has 3 aromatic rings.